The Balaban J connectivity index is 1.93. The van der Waals surface area contributed by atoms with Gasteiger partial charge in [-0.05, 0) is 12.1 Å². The Morgan fingerprint density at radius 2 is 2.00 bits per heavy atom. The lowest BCUT2D eigenvalue weighted by atomic mass is 10.1. The number of para-hydroxylation sites is 1. The fourth-order valence-electron chi connectivity index (χ4n) is 2.67. The number of aliphatic hydroxyl groups excluding tert-OH is 1. The number of aliphatic carboxylic acids is 1. The molecule has 1 unspecified atom stereocenters. The van der Waals surface area contributed by atoms with E-state index < -0.39 is 24.0 Å². The highest BCUT2D eigenvalue weighted by Gasteiger charge is 2.40. The van der Waals surface area contributed by atoms with Crippen LogP contribution in [0, 0.1) is 0 Å². The van der Waals surface area contributed by atoms with Crippen LogP contribution in [0.1, 0.15) is 16.8 Å². The van der Waals surface area contributed by atoms with E-state index in [2.05, 4.69) is 0 Å². The third-order valence-electron chi connectivity index (χ3n) is 3.62. The van der Waals surface area contributed by atoms with Crippen LogP contribution in [0.15, 0.2) is 18.2 Å². The molecule has 3 rings (SSSR count). The number of benzene rings is 1. The van der Waals surface area contributed by atoms with Crippen molar-refractivity contribution in [1.29, 1.82) is 0 Å². The number of likely N-dealkylation sites (tertiary alicyclic amines) is 1. The Labute approximate surface area is 120 Å². The largest absolute Gasteiger partial charge is 0.486 e. The molecular weight excluding hydrogens is 278 g/mol. The van der Waals surface area contributed by atoms with Crippen LogP contribution in [0.2, 0.25) is 0 Å². The summed E-state index contributed by atoms with van der Waals surface area (Å²) in [6, 6.07) is 3.90. The van der Waals surface area contributed by atoms with E-state index in [9.17, 15) is 19.8 Å². The summed E-state index contributed by atoms with van der Waals surface area (Å²) in [5, 5.41) is 18.8. The van der Waals surface area contributed by atoms with E-state index >= 15 is 0 Å². The maximum absolute atomic E-state index is 12.6. The highest BCUT2D eigenvalue weighted by Crippen LogP contribution is 2.35. The molecule has 0 radical (unpaired) electrons. The van der Waals surface area contributed by atoms with Gasteiger partial charge in [0, 0.05) is 13.0 Å². The zero-order valence-corrected chi connectivity index (χ0v) is 11.2. The van der Waals surface area contributed by atoms with Crippen molar-refractivity contribution >= 4 is 11.9 Å². The Kier molecular flexibility index (Phi) is 3.42. The molecule has 0 bridgehead atoms. The van der Waals surface area contributed by atoms with Gasteiger partial charge in [-0.3, -0.25) is 4.79 Å². The zero-order chi connectivity index (χ0) is 15.0. The lowest BCUT2D eigenvalue weighted by Gasteiger charge is -2.25. The Morgan fingerprint density at radius 3 is 2.76 bits per heavy atom. The van der Waals surface area contributed by atoms with Crippen LogP contribution in [-0.2, 0) is 4.79 Å². The lowest BCUT2D eigenvalue weighted by molar-refractivity contribution is -0.141. The third-order valence-corrected chi connectivity index (χ3v) is 3.62. The molecule has 21 heavy (non-hydrogen) atoms. The van der Waals surface area contributed by atoms with Gasteiger partial charge in [0.1, 0.15) is 19.3 Å². The molecule has 2 N–H and O–H groups in total. The lowest BCUT2D eigenvalue weighted by Crippen LogP contribution is -2.40. The molecule has 1 amide bonds. The van der Waals surface area contributed by atoms with E-state index in [4.69, 9.17) is 9.47 Å². The molecule has 112 valence electrons. The molecule has 0 aliphatic carbocycles. The van der Waals surface area contributed by atoms with Gasteiger partial charge >= 0.3 is 5.97 Å². The van der Waals surface area contributed by atoms with Crippen LogP contribution >= 0.6 is 0 Å². The number of ether oxygens (including phenoxy) is 2. The van der Waals surface area contributed by atoms with Crippen molar-refractivity contribution in [3.05, 3.63) is 23.8 Å². The van der Waals surface area contributed by atoms with Crippen LogP contribution in [0.25, 0.3) is 0 Å². The van der Waals surface area contributed by atoms with Gasteiger partial charge in [-0.2, -0.15) is 0 Å². The molecule has 0 spiro atoms. The van der Waals surface area contributed by atoms with E-state index in [1.165, 1.54) is 4.90 Å². The monoisotopic (exact) mass is 293 g/mol. The van der Waals surface area contributed by atoms with Crippen molar-refractivity contribution < 1.29 is 29.3 Å². The van der Waals surface area contributed by atoms with Crippen LogP contribution in [0.4, 0.5) is 0 Å². The number of carboxylic acids is 1. The third kappa shape index (κ3) is 2.40. The molecule has 7 heteroatoms. The van der Waals surface area contributed by atoms with Gasteiger partial charge in [-0.25, -0.2) is 4.79 Å². The van der Waals surface area contributed by atoms with Gasteiger partial charge in [0.2, 0.25) is 0 Å². The minimum Gasteiger partial charge on any atom is -0.486 e. The number of hydrogen-bond acceptors (Lipinski definition) is 5. The molecule has 1 aromatic carbocycles. The standard InChI is InChI=1S/C14H15NO6/c16-8-6-10(14(18)19)15(7-8)13(17)9-2-1-3-11-12(9)21-5-4-20-11/h1-3,8,10,16H,4-7H2,(H,18,19)/t8?,10-/m0/s1. The van der Waals surface area contributed by atoms with Gasteiger partial charge in [0.15, 0.2) is 11.5 Å². The van der Waals surface area contributed by atoms with Crippen molar-refractivity contribution in [3.8, 4) is 11.5 Å². The second kappa shape index (κ2) is 5.25. The quantitative estimate of drug-likeness (QED) is 0.804. The number of nitrogens with zero attached hydrogens (tertiary/aromatic N) is 1. The predicted molar refractivity (Wildman–Crippen MR) is 70.5 cm³/mol. The molecule has 2 aliphatic heterocycles. The summed E-state index contributed by atoms with van der Waals surface area (Å²) in [5.41, 5.74) is 0.257. The normalized spacial score (nSPS) is 24.0. The number of β-amino-alcohol motifs (C(OH)–C–C–N with tert-alkyl or cyclic N) is 1. The van der Waals surface area contributed by atoms with E-state index in [0.29, 0.717) is 24.7 Å². The van der Waals surface area contributed by atoms with E-state index in [0.717, 1.165) is 0 Å². The number of rotatable bonds is 2. The zero-order valence-electron chi connectivity index (χ0n) is 11.2. The summed E-state index contributed by atoms with van der Waals surface area (Å²) < 4.78 is 10.9. The average molecular weight is 293 g/mol. The summed E-state index contributed by atoms with van der Waals surface area (Å²) >= 11 is 0. The fourth-order valence-corrected chi connectivity index (χ4v) is 2.67. The molecule has 0 aromatic heterocycles. The number of carboxylic acid groups (broad SMARTS) is 1. The second-order valence-corrected chi connectivity index (χ2v) is 5.03. The number of carbonyl (C=O) groups excluding carboxylic acids is 1. The van der Waals surface area contributed by atoms with E-state index in [1.807, 2.05) is 0 Å². The highest BCUT2D eigenvalue weighted by molar-refractivity contribution is 6.00. The molecule has 2 heterocycles. The van der Waals surface area contributed by atoms with Crippen molar-refractivity contribution in [2.45, 2.75) is 18.6 Å². The van der Waals surface area contributed by atoms with Gasteiger partial charge in [0.05, 0.1) is 11.7 Å². The maximum atomic E-state index is 12.6. The number of hydrogen-bond donors (Lipinski definition) is 2. The Hall–Kier alpha value is -2.28. The Bertz CT molecular complexity index is 587. The minimum absolute atomic E-state index is 0.000322. The smallest absolute Gasteiger partial charge is 0.326 e. The van der Waals surface area contributed by atoms with Crippen LogP contribution in [-0.4, -0.2) is 58.9 Å². The van der Waals surface area contributed by atoms with Crippen LogP contribution in [0.5, 0.6) is 11.5 Å². The van der Waals surface area contributed by atoms with Crippen molar-refractivity contribution in [3.63, 3.8) is 0 Å². The minimum atomic E-state index is -1.12. The molecule has 2 aliphatic rings. The molecule has 7 nitrogen and oxygen atoms in total. The van der Waals surface area contributed by atoms with Crippen molar-refractivity contribution in [2.24, 2.45) is 0 Å². The first-order valence-electron chi connectivity index (χ1n) is 6.68. The maximum Gasteiger partial charge on any atom is 0.326 e. The van der Waals surface area contributed by atoms with Crippen molar-refractivity contribution in [1.82, 2.24) is 4.90 Å². The van der Waals surface area contributed by atoms with Crippen molar-refractivity contribution in [2.75, 3.05) is 19.8 Å². The summed E-state index contributed by atoms with van der Waals surface area (Å²) in [7, 11) is 0. The van der Waals surface area contributed by atoms with Gasteiger partial charge in [-0.1, -0.05) is 6.07 Å². The molecular formula is C14H15NO6. The van der Waals surface area contributed by atoms with Gasteiger partial charge in [-0.15, -0.1) is 0 Å². The molecule has 2 atom stereocenters. The summed E-state index contributed by atoms with van der Waals surface area (Å²) in [5.74, 6) is -0.791. The van der Waals surface area contributed by atoms with E-state index in [1.54, 1.807) is 18.2 Å². The summed E-state index contributed by atoms with van der Waals surface area (Å²) in [6.07, 6.45) is -0.792. The predicted octanol–water partition coefficient (Wildman–Crippen LogP) is 0.118. The molecule has 1 fully saturated rings. The molecule has 0 saturated carbocycles. The SMILES string of the molecule is O=C(O)[C@@H]1CC(O)CN1C(=O)c1cccc2c1OCCO2. The number of fused-ring (bicyclic) bond motifs is 1. The topological polar surface area (TPSA) is 96.3 Å². The molecule has 1 aromatic rings. The number of carbonyl (C=O) groups is 2. The van der Waals surface area contributed by atoms with Gasteiger partial charge in [0.25, 0.3) is 5.91 Å². The first-order valence-corrected chi connectivity index (χ1v) is 6.68. The second-order valence-electron chi connectivity index (χ2n) is 5.03. The molecule has 1 saturated heterocycles. The summed E-state index contributed by atoms with van der Waals surface area (Å²) in [4.78, 5) is 25.0. The number of amides is 1. The highest BCUT2D eigenvalue weighted by atomic mass is 16.6. The number of aliphatic hydroxyl groups is 1. The van der Waals surface area contributed by atoms with Crippen LogP contribution < -0.4 is 9.47 Å². The average Bonchev–Trinajstić information content (AvgIpc) is 2.88. The van der Waals surface area contributed by atoms with E-state index in [-0.39, 0.29) is 18.5 Å². The van der Waals surface area contributed by atoms with Crippen LogP contribution in [0.3, 0.4) is 0 Å². The first-order chi connectivity index (χ1) is 10.1. The fraction of sp³-hybridized carbons (Fsp3) is 0.429. The summed E-state index contributed by atoms with van der Waals surface area (Å²) in [6.45, 7) is 0.743. The Morgan fingerprint density at radius 1 is 1.24 bits per heavy atom. The van der Waals surface area contributed by atoms with Gasteiger partial charge < -0.3 is 24.6 Å². The first kappa shape index (κ1) is 13.7.